The molecular weight excluding hydrogens is 331 g/mol. The predicted molar refractivity (Wildman–Crippen MR) is 95.9 cm³/mol. The van der Waals surface area contributed by atoms with Gasteiger partial charge in [0.1, 0.15) is 0 Å². The third-order valence-electron chi connectivity index (χ3n) is 3.85. The molecule has 0 atom stereocenters. The Kier molecular flexibility index (Phi) is 5.03. The van der Waals surface area contributed by atoms with E-state index < -0.39 is 0 Å². The van der Waals surface area contributed by atoms with Crippen LogP contribution in [0.1, 0.15) is 5.56 Å². The number of hydrogen-bond acceptors (Lipinski definition) is 3. The standard InChI is InChI=1S/C17H18Cl2N4/c1-13-2-4-14(5-3-13)20-21-23-10-8-22(9-11-23)15-6-7-16(18)17(19)12-15/h2-7,12H,8-11H2,1H3/b21-20+. The fraction of sp³-hybridized carbons (Fsp3) is 0.294. The van der Waals surface area contributed by atoms with Crippen LogP contribution in [0.4, 0.5) is 11.4 Å². The normalized spacial score (nSPS) is 15.4. The molecule has 120 valence electrons. The van der Waals surface area contributed by atoms with Crippen LogP contribution in [0.25, 0.3) is 0 Å². The van der Waals surface area contributed by atoms with Gasteiger partial charge in [-0.15, -0.1) is 5.11 Å². The molecule has 0 spiro atoms. The van der Waals surface area contributed by atoms with Gasteiger partial charge in [-0.25, -0.2) is 0 Å². The maximum Gasteiger partial charge on any atom is 0.0874 e. The lowest BCUT2D eigenvalue weighted by Crippen LogP contribution is -2.43. The molecular formula is C17H18Cl2N4. The van der Waals surface area contributed by atoms with Crippen molar-refractivity contribution in [1.29, 1.82) is 0 Å². The summed E-state index contributed by atoms with van der Waals surface area (Å²) in [5, 5.41) is 11.8. The van der Waals surface area contributed by atoms with Crippen LogP contribution < -0.4 is 4.90 Å². The van der Waals surface area contributed by atoms with E-state index in [9.17, 15) is 0 Å². The summed E-state index contributed by atoms with van der Waals surface area (Å²) in [4.78, 5) is 2.28. The minimum Gasteiger partial charge on any atom is -0.368 e. The van der Waals surface area contributed by atoms with Crippen molar-refractivity contribution in [3.05, 3.63) is 58.1 Å². The number of anilines is 1. The van der Waals surface area contributed by atoms with Crippen molar-refractivity contribution >= 4 is 34.6 Å². The van der Waals surface area contributed by atoms with Crippen LogP contribution >= 0.6 is 23.2 Å². The molecule has 3 rings (SSSR count). The molecule has 1 fully saturated rings. The molecule has 1 saturated heterocycles. The van der Waals surface area contributed by atoms with Crippen LogP contribution in [-0.2, 0) is 0 Å². The Labute approximate surface area is 146 Å². The molecule has 0 radical (unpaired) electrons. The van der Waals surface area contributed by atoms with Crippen molar-refractivity contribution in [3.63, 3.8) is 0 Å². The smallest absolute Gasteiger partial charge is 0.0874 e. The zero-order valence-corrected chi connectivity index (χ0v) is 14.4. The fourth-order valence-electron chi connectivity index (χ4n) is 2.45. The molecule has 6 heteroatoms. The Bertz CT molecular complexity index is 692. The van der Waals surface area contributed by atoms with E-state index in [1.807, 2.05) is 47.5 Å². The van der Waals surface area contributed by atoms with Gasteiger partial charge < -0.3 is 4.90 Å². The van der Waals surface area contributed by atoms with Crippen LogP contribution in [-0.4, -0.2) is 31.2 Å². The third-order valence-corrected chi connectivity index (χ3v) is 4.58. The molecule has 0 aliphatic carbocycles. The summed E-state index contributed by atoms with van der Waals surface area (Å²) < 4.78 is 0. The summed E-state index contributed by atoms with van der Waals surface area (Å²) in [6, 6.07) is 13.8. The number of piperazine rings is 1. The Morgan fingerprint density at radius 3 is 2.22 bits per heavy atom. The highest BCUT2D eigenvalue weighted by Gasteiger charge is 2.16. The lowest BCUT2D eigenvalue weighted by molar-refractivity contribution is 0.254. The average molecular weight is 349 g/mol. The summed E-state index contributed by atoms with van der Waals surface area (Å²) in [5.74, 6) is 0. The zero-order valence-electron chi connectivity index (χ0n) is 12.9. The summed E-state index contributed by atoms with van der Waals surface area (Å²) >= 11 is 12.1. The van der Waals surface area contributed by atoms with E-state index in [1.165, 1.54) is 5.56 Å². The number of aryl methyl sites for hydroxylation is 1. The number of nitrogens with zero attached hydrogens (tertiary/aromatic N) is 4. The first-order chi connectivity index (χ1) is 11.1. The summed E-state index contributed by atoms with van der Waals surface area (Å²) in [5.41, 5.74) is 3.19. The summed E-state index contributed by atoms with van der Waals surface area (Å²) in [6.45, 7) is 5.48. The van der Waals surface area contributed by atoms with E-state index >= 15 is 0 Å². The van der Waals surface area contributed by atoms with E-state index in [0.29, 0.717) is 10.0 Å². The first kappa shape index (κ1) is 16.1. The largest absolute Gasteiger partial charge is 0.368 e. The summed E-state index contributed by atoms with van der Waals surface area (Å²) in [6.07, 6.45) is 0. The van der Waals surface area contributed by atoms with Crippen LogP contribution in [0, 0.1) is 6.92 Å². The van der Waals surface area contributed by atoms with Gasteiger partial charge in [-0.05, 0) is 37.3 Å². The first-order valence-electron chi connectivity index (χ1n) is 7.55. The van der Waals surface area contributed by atoms with Crippen LogP contribution in [0.5, 0.6) is 0 Å². The van der Waals surface area contributed by atoms with Crippen molar-refractivity contribution in [3.8, 4) is 0 Å². The maximum atomic E-state index is 6.09. The SMILES string of the molecule is Cc1ccc(/N=N/N2CCN(c3ccc(Cl)c(Cl)c3)CC2)cc1. The first-order valence-corrected chi connectivity index (χ1v) is 8.31. The highest BCUT2D eigenvalue weighted by Crippen LogP contribution is 2.27. The van der Waals surface area contributed by atoms with Gasteiger partial charge in [0.25, 0.3) is 0 Å². The van der Waals surface area contributed by atoms with Gasteiger partial charge in [-0.2, -0.15) is 0 Å². The predicted octanol–water partition coefficient (Wildman–Crippen LogP) is 5.12. The van der Waals surface area contributed by atoms with E-state index in [1.54, 1.807) is 0 Å². The second kappa shape index (κ2) is 7.20. The molecule has 0 saturated carbocycles. The Balaban J connectivity index is 1.57. The zero-order chi connectivity index (χ0) is 16.2. The van der Waals surface area contributed by atoms with Crippen LogP contribution in [0.3, 0.4) is 0 Å². The molecule has 1 aliphatic rings. The van der Waals surface area contributed by atoms with Crippen molar-refractivity contribution in [2.45, 2.75) is 6.92 Å². The fourth-order valence-corrected chi connectivity index (χ4v) is 2.74. The van der Waals surface area contributed by atoms with Gasteiger partial charge in [-0.3, -0.25) is 5.01 Å². The molecule has 4 nitrogen and oxygen atoms in total. The van der Waals surface area contributed by atoms with Gasteiger partial charge in [0.2, 0.25) is 0 Å². The molecule has 0 amide bonds. The highest BCUT2D eigenvalue weighted by molar-refractivity contribution is 6.42. The molecule has 0 aromatic heterocycles. The van der Waals surface area contributed by atoms with Crippen molar-refractivity contribution in [2.24, 2.45) is 10.3 Å². The van der Waals surface area contributed by atoms with Crippen molar-refractivity contribution in [1.82, 2.24) is 5.01 Å². The molecule has 23 heavy (non-hydrogen) atoms. The molecule has 1 aliphatic heterocycles. The average Bonchev–Trinajstić information content (AvgIpc) is 2.57. The van der Waals surface area contributed by atoms with Gasteiger partial charge in [0.05, 0.1) is 28.8 Å². The van der Waals surface area contributed by atoms with Crippen molar-refractivity contribution < 1.29 is 0 Å². The van der Waals surface area contributed by atoms with E-state index in [4.69, 9.17) is 23.2 Å². The Morgan fingerprint density at radius 1 is 0.870 bits per heavy atom. The number of benzene rings is 2. The minimum absolute atomic E-state index is 0.584. The van der Waals surface area contributed by atoms with Crippen molar-refractivity contribution in [2.75, 3.05) is 31.1 Å². The molecule has 2 aromatic rings. The third kappa shape index (κ3) is 4.15. The molecule has 0 unspecified atom stereocenters. The van der Waals surface area contributed by atoms with E-state index in [0.717, 1.165) is 37.6 Å². The van der Waals surface area contributed by atoms with Gasteiger partial charge in [0, 0.05) is 18.8 Å². The van der Waals surface area contributed by atoms with Gasteiger partial charge in [-0.1, -0.05) is 46.1 Å². The van der Waals surface area contributed by atoms with Crippen LogP contribution in [0.2, 0.25) is 10.0 Å². The monoisotopic (exact) mass is 348 g/mol. The maximum absolute atomic E-state index is 6.09. The number of rotatable bonds is 3. The molecule has 0 N–H and O–H groups in total. The van der Waals surface area contributed by atoms with E-state index in [-0.39, 0.29) is 0 Å². The second-order valence-corrected chi connectivity index (χ2v) is 6.38. The molecule has 1 heterocycles. The van der Waals surface area contributed by atoms with Crippen LogP contribution in [0.15, 0.2) is 52.8 Å². The second-order valence-electron chi connectivity index (χ2n) is 5.56. The van der Waals surface area contributed by atoms with Gasteiger partial charge >= 0.3 is 0 Å². The Morgan fingerprint density at radius 2 is 1.57 bits per heavy atom. The molecule has 0 bridgehead atoms. The lowest BCUT2D eigenvalue weighted by atomic mass is 10.2. The lowest BCUT2D eigenvalue weighted by Gasteiger charge is -2.34. The number of halogens is 2. The number of hydrogen-bond donors (Lipinski definition) is 0. The Hall–Kier alpha value is -1.78. The minimum atomic E-state index is 0.584. The van der Waals surface area contributed by atoms with Gasteiger partial charge in [0.15, 0.2) is 0 Å². The van der Waals surface area contributed by atoms with E-state index in [2.05, 4.69) is 22.2 Å². The topological polar surface area (TPSA) is 31.2 Å². The quantitative estimate of drug-likeness (QED) is 0.720. The molecule has 2 aromatic carbocycles. The highest BCUT2D eigenvalue weighted by atomic mass is 35.5. The summed E-state index contributed by atoms with van der Waals surface area (Å²) in [7, 11) is 0.